The highest BCUT2D eigenvalue weighted by Crippen LogP contribution is 1.91. The summed E-state index contributed by atoms with van der Waals surface area (Å²) in [5, 5.41) is 12.1. The zero-order valence-corrected chi connectivity index (χ0v) is 10.4. The van der Waals surface area contributed by atoms with Gasteiger partial charge >= 0.3 is 0 Å². The van der Waals surface area contributed by atoms with Gasteiger partial charge in [0.25, 0.3) is 0 Å². The van der Waals surface area contributed by atoms with Crippen LogP contribution in [-0.4, -0.2) is 64.9 Å². The molecule has 0 aliphatic heterocycles. The molecule has 0 aromatic carbocycles. The molecule has 5 nitrogen and oxygen atoms in total. The van der Waals surface area contributed by atoms with Gasteiger partial charge in [0, 0.05) is 46.6 Å². The lowest BCUT2D eigenvalue weighted by Crippen LogP contribution is -2.36. The van der Waals surface area contributed by atoms with Gasteiger partial charge in [0.05, 0.1) is 13.2 Å². The average molecular weight is 235 g/mol. The van der Waals surface area contributed by atoms with Crippen LogP contribution in [0.5, 0.6) is 0 Å². The quantitative estimate of drug-likeness (QED) is 0.467. The molecule has 0 aliphatic carbocycles. The van der Waals surface area contributed by atoms with Crippen LogP contribution >= 0.6 is 0 Å². The number of methoxy groups -OCH3 is 2. The highest BCUT2D eigenvalue weighted by atomic mass is 16.5. The molecule has 0 bridgehead atoms. The molecule has 1 unspecified atom stereocenters. The molecule has 0 aromatic heterocycles. The van der Waals surface area contributed by atoms with E-state index in [-0.39, 0.29) is 12.6 Å². The van der Waals surface area contributed by atoms with Gasteiger partial charge in [-0.25, -0.2) is 0 Å². The molecule has 0 rings (SSSR count). The molecule has 0 saturated heterocycles. The second-order valence-electron chi connectivity index (χ2n) is 3.58. The van der Waals surface area contributed by atoms with E-state index in [1.54, 1.807) is 14.2 Å². The molecule has 0 spiro atoms. The van der Waals surface area contributed by atoms with E-state index in [1.807, 2.05) is 0 Å². The van der Waals surface area contributed by atoms with E-state index in [2.05, 4.69) is 5.32 Å². The molecule has 0 heterocycles. The normalized spacial score (nSPS) is 12.9. The van der Waals surface area contributed by atoms with Crippen molar-refractivity contribution in [3.63, 3.8) is 0 Å². The van der Waals surface area contributed by atoms with Crippen molar-refractivity contribution in [2.75, 3.05) is 53.8 Å². The van der Waals surface area contributed by atoms with Gasteiger partial charge in [-0.15, -0.1) is 0 Å². The van der Waals surface area contributed by atoms with Crippen LogP contribution in [0.2, 0.25) is 0 Å². The Labute approximate surface area is 98.1 Å². The van der Waals surface area contributed by atoms with Gasteiger partial charge in [-0.1, -0.05) is 0 Å². The molecule has 0 aliphatic rings. The van der Waals surface area contributed by atoms with E-state index in [4.69, 9.17) is 19.3 Å². The molecule has 16 heavy (non-hydrogen) atoms. The molecule has 0 saturated carbocycles. The minimum absolute atomic E-state index is 0.176. The van der Waals surface area contributed by atoms with Gasteiger partial charge in [-0.05, 0) is 12.8 Å². The number of nitrogens with one attached hydrogen (secondary N) is 1. The number of hydrogen-bond donors (Lipinski definition) is 2. The van der Waals surface area contributed by atoms with Gasteiger partial charge in [0.15, 0.2) is 0 Å². The summed E-state index contributed by atoms with van der Waals surface area (Å²) in [5.74, 6) is 0. The third-order valence-electron chi connectivity index (χ3n) is 2.16. The minimum Gasteiger partial charge on any atom is -0.396 e. The van der Waals surface area contributed by atoms with Crippen molar-refractivity contribution in [2.24, 2.45) is 0 Å². The second kappa shape index (κ2) is 12.9. The smallest absolute Gasteiger partial charge is 0.0616 e. The van der Waals surface area contributed by atoms with Crippen LogP contribution in [0.4, 0.5) is 0 Å². The monoisotopic (exact) mass is 235 g/mol. The van der Waals surface area contributed by atoms with Gasteiger partial charge in [0.1, 0.15) is 0 Å². The first-order valence-corrected chi connectivity index (χ1v) is 5.75. The first-order valence-electron chi connectivity index (χ1n) is 5.75. The molecule has 98 valence electrons. The third-order valence-corrected chi connectivity index (χ3v) is 2.16. The molecule has 5 heteroatoms. The first-order chi connectivity index (χ1) is 7.85. The van der Waals surface area contributed by atoms with Crippen LogP contribution < -0.4 is 5.32 Å². The van der Waals surface area contributed by atoms with Crippen molar-refractivity contribution in [1.82, 2.24) is 5.32 Å². The van der Waals surface area contributed by atoms with E-state index in [9.17, 15) is 0 Å². The van der Waals surface area contributed by atoms with Crippen LogP contribution in [0.15, 0.2) is 0 Å². The molecule has 2 N–H and O–H groups in total. The Kier molecular flexibility index (Phi) is 12.7. The first kappa shape index (κ1) is 15.8. The van der Waals surface area contributed by atoms with Crippen LogP contribution in [0.25, 0.3) is 0 Å². The fraction of sp³-hybridized carbons (Fsp3) is 1.00. The average Bonchev–Trinajstić information content (AvgIpc) is 2.28. The summed E-state index contributed by atoms with van der Waals surface area (Å²) in [6.45, 7) is 3.71. The van der Waals surface area contributed by atoms with Crippen LogP contribution in [-0.2, 0) is 14.2 Å². The van der Waals surface area contributed by atoms with Crippen molar-refractivity contribution < 1.29 is 19.3 Å². The Bertz CT molecular complexity index is 129. The van der Waals surface area contributed by atoms with E-state index in [0.29, 0.717) is 19.6 Å². The maximum Gasteiger partial charge on any atom is 0.0616 e. The number of rotatable bonds is 12. The lowest BCUT2D eigenvalue weighted by molar-refractivity contribution is 0.0967. The van der Waals surface area contributed by atoms with Crippen LogP contribution in [0.3, 0.4) is 0 Å². The predicted molar refractivity (Wildman–Crippen MR) is 62.7 cm³/mol. The maximum absolute atomic E-state index is 8.82. The summed E-state index contributed by atoms with van der Waals surface area (Å²) in [7, 11) is 3.35. The zero-order chi connectivity index (χ0) is 12.1. The van der Waals surface area contributed by atoms with Gasteiger partial charge in [-0.3, -0.25) is 0 Å². The summed E-state index contributed by atoms with van der Waals surface area (Å²) >= 11 is 0. The SMILES string of the molecule is COCCCOCCNC(CCO)COC. The Morgan fingerprint density at radius 2 is 1.94 bits per heavy atom. The maximum atomic E-state index is 8.82. The van der Waals surface area contributed by atoms with Crippen molar-refractivity contribution >= 4 is 0 Å². The molecule has 1 atom stereocenters. The molecule has 0 amide bonds. The fourth-order valence-electron chi connectivity index (χ4n) is 1.34. The van der Waals surface area contributed by atoms with Crippen molar-refractivity contribution in [2.45, 2.75) is 18.9 Å². The number of ether oxygens (including phenoxy) is 3. The summed E-state index contributed by atoms with van der Waals surface area (Å²) in [6.07, 6.45) is 1.63. The van der Waals surface area contributed by atoms with Crippen molar-refractivity contribution in [1.29, 1.82) is 0 Å². The van der Waals surface area contributed by atoms with E-state index < -0.39 is 0 Å². The topological polar surface area (TPSA) is 60.0 Å². The third kappa shape index (κ3) is 10.3. The number of aliphatic hydroxyl groups is 1. The van der Waals surface area contributed by atoms with Gasteiger partial charge < -0.3 is 24.6 Å². The highest BCUT2D eigenvalue weighted by molar-refractivity contribution is 4.64. The minimum atomic E-state index is 0.176. The lowest BCUT2D eigenvalue weighted by atomic mass is 10.2. The Balaban J connectivity index is 3.25. The van der Waals surface area contributed by atoms with E-state index >= 15 is 0 Å². The van der Waals surface area contributed by atoms with Gasteiger partial charge in [-0.2, -0.15) is 0 Å². The predicted octanol–water partition coefficient (Wildman–Crippen LogP) is 0.0265. The molecular formula is C11H25NO4. The molecule has 0 radical (unpaired) electrons. The zero-order valence-electron chi connectivity index (χ0n) is 10.4. The number of hydrogen-bond acceptors (Lipinski definition) is 5. The summed E-state index contributed by atoms with van der Waals surface area (Å²) in [4.78, 5) is 0. The number of aliphatic hydroxyl groups excluding tert-OH is 1. The Morgan fingerprint density at radius 1 is 1.12 bits per heavy atom. The van der Waals surface area contributed by atoms with Gasteiger partial charge in [0.2, 0.25) is 0 Å². The van der Waals surface area contributed by atoms with E-state index in [0.717, 1.165) is 26.2 Å². The summed E-state index contributed by atoms with van der Waals surface area (Å²) in [5.41, 5.74) is 0. The standard InChI is InChI=1S/C11H25NO4/c1-14-7-3-8-16-9-5-12-11(4-6-13)10-15-2/h11-13H,3-10H2,1-2H3. The molecule has 0 aromatic rings. The Morgan fingerprint density at radius 3 is 2.56 bits per heavy atom. The largest absolute Gasteiger partial charge is 0.396 e. The second-order valence-corrected chi connectivity index (χ2v) is 3.58. The molecule has 0 fully saturated rings. The van der Waals surface area contributed by atoms with E-state index in [1.165, 1.54) is 0 Å². The van der Waals surface area contributed by atoms with Crippen molar-refractivity contribution in [3.05, 3.63) is 0 Å². The lowest BCUT2D eigenvalue weighted by Gasteiger charge is -2.16. The summed E-state index contributed by atoms with van der Waals surface area (Å²) < 4.78 is 15.3. The Hall–Kier alpha value is -0.200. The van der Waals surface area contributed by atoms with Crippen LogP contribution in [0, 0.1) is 0 Å². The van der Waals surface area contributed by atoms with Crippen molar-refractivity contribution in [3.8, 4) is 0 Å². The molecular weight excluding hydrogens is 210 g/mol. The summed E-state index contributed by atoms with van der Waals surface area (Å²) in [6, 6.07) is 0.206. The van der Waals surface area contributed by atoms with Crippen LogP contribution in [0.1, 0.15) is 12.8 Å². The fourth-order valence-corrected chi connectivity index (χ4v) is 1.34. The highest BCUT2D eigenvalue weighted by Gasteiger charge is 2.05.